The number of phenolic OH excluding ortho intramolecular Hbond substituents is 1. The quantitative estimate of drug-likeness (QED) is 0.867. The molecular weight excluding hydrogens is 248 g/mol. The minimum absolute atomic E-state index is 0.245. The molecule has 0 amide bonds. The van der Waals surface area contributed by atoms with Gasteiger partial charge in [-0.25, -0.2) is 0 Å². The van der Waals surface area contributed by atoms with Gasteiger partial charge >= 0.3 is 0 Å². The summed E-state index contributed by atoms with van der Waals surface area (Å²) in [4.78, 5) is 2.27. The Labute approximate surface area is 114 Å². The molecule has 1 fully saturated rings. The van der Waals surface area contributed by atoms with Crippen LogP contribution in [0.5, 0.6) is 5.75 Å². The maximum absolute atomic E-state index is 10.4. The van der Waals surface area contributed by atoms with Gasteiger partial charge in [0.05, 0.1) is 0 Å². The predicted octanol–water partition coefficient (Wildman–Crippen LogP) is 2.61. The molecule has 0 spiro atoms. The fourth-order valence-corrected chi connectivity index (χ4v) is 3.17. The van der Waals surface area contributed by atoms with Crippen LogP contribution in [0.3, 0.4) is 0 Å². The molecule has 0 bridgehead atoms. The Balaban J connectivity index is 2.43. The second kappa shape index (κ2) is 5.08. The molecule has 4 heteroatoms. The lowest BCUT2D eigenvalue weighted by Crippen LogP contribution is -2.21. The lowest BCUT2D eigenvalue weighted by atomic mass is 9.93. The Bertz CT molecular complexity index is 462. The van der Waals surface area contributed by atoms with Crippen LogP contribution in [0.4, 0.5) is 0 Å². The number of aryl methyl sites for hydroxylation is 1. The monoisotopic (exact) mass is 268 g/mol. The summed E-state index contributed by atoms with van der Waals surface area (Å²) in [6, 6.07) is 2.18. The average molecular weight is 269 g/mol. The van der Waals surface area contributed by atoms with Gasteiger partial charge in [-0.3, -0.25) is 4.90 Å². The maximum atomic E-state index is 10.4. The van der Waals surface area contributed by atoms with E-state index in [1.54, 1.807) is 0 Å². The molecule has 2 rings (SSSR count). The number of halogens is 1. The molecule has 1 aliphatic rings. The summed E-state index contributed by atoms with van der Waals surface area (Å²) in [7, 11) is 2.09. The van der Waals surface area contributed by atoms with E-state index in [1.807, 2.05) is 19.9 Å². The average Bonchev–Trinajstić information content (AvgIpc) is 2.68. The molecular formula is C14H21ClN2O. The number of nitrogens with two attached hydrogens (primary N) is 1. The van der Waals surface area contributed by atoms with Crippen molar-refractivity contribution in [3.63, 3.8) is 0 Å². The van der Waals surface area contributed by atoms with E-state index in [-0.39, 0.29) is 6.04 Å². The summed E-state index contributed by atoms with van der Waals surface area (Å²) in [6.45, 7) is 5.55. The van der Waals surface area contributed by atoms with Crippen LogP contribution in [0, 0.1) is 19.8 Å². The molecule has 0 saturated carbocycles. The number of hydrogen-bond acceptors (Lipinski definition) is 3. The van der Waals surface area contributed by atoms with E-state index in [2.05, 4.69) is 11.9 Å². The van der Waals surface area contributed by atoms with Gasteiger partial charge in [0.2, 0.25) is 0 Å². The lowest BCUT2D eigenvalue weighted by molar-refractivity contribution is 0.304. The lowest BCUT2D eigenvalue weighted by Gasteiger charge is -2.24. The van der Waals surface area contributed by atoms with Crippen molar-refractivity contribution in [3.05, 3.63) is 27.8 Å². The number of hydrogen-bond donors (Lipinski definition) is 2. The van der Waals surface area contributed by atoms with E-state index < -0.39 is 0 Å². The number of nitrogens with zero attached hydrogens (tertiary/aromatic N) is 1. The van der Waals surface area contributed by atoms with E-state index >= 15 is 0 Å². The first-order chi connectivity index (χ1) is 8.45. The van der Waals surface area contributed by atoms with E-state index in [0.29, 0.717) is 23.2 Å². The number of likely N-dealkylation sites (tertiary alicyclic amines) is 1. The van der Waals surface area contributed by atoms with Gasteiger partial charge in [0.25, 0.3) is 0 Å². The number of rotatable bonds is 2. The fraction of sp³-hybridized carbons (Fsp3) is 0.571. The highest BCUT2D eigenvalue weighted by Crippen LogP contribution is 2.42. The molecule has 18 heavy (non-hydrogen) atoms. The molecule has 0 aliphatic carbocycles. The van der Waals surface area contributed by atoms with Crippen molar-refractivity contribution in [2.24, 2.45) is 11.7 Å². The first kappa shape index (κ1) is 13.7. The Morgan fingerprint density at radius 1 is 1.50 bits per heavy atom. The minimum atomic E-state index is 0.245. The number of phenols is 1. The van der Waals surface area contributed by atoms with Crippen LogP contribution in [0.1, 0.15) is 29.2 Å². The molecule has 100 valence electrons. The number of aromatic hydroxyl groups is 1. The zero-order valence-electron chi connectivity index (χ0n) is 11.2. The van der Waals surface area contributed by atoms with E-state index in [0.717, 1.165) is 29.7 Å². The standard InChI is InChI=1S/C14H21ClN2O/c1-8-4-11(15)9(2)14(18)13(8)12-5-10(6-16)7-17(12)3/h4,10,12,18H,5-7,16H2,1-3H3. The molecule has 1 aromatic carbocycles. The number of benzene rings is 1. The van der Waals surface area contributed by atoms with Crippen molar-refractivity contribution in [1.29, 1.82) is 0 Å². The molecule has 0 aromatic heterocycles. The Hall–Kier alpha value is -0.770. The Morgan fingerprint density at radius 3 is 2.72 bits per heavy atom. The van der Waals surface area contributed by atoms with Crippen LogP contribution in [-0.4, -0.2) is 30.1 Å². The van der Waals surface area contributed by atoms with Gasteiger partial charge in [0.15, 0.2) is 0 Å². The van der Waals surface area contributed by atoms with Gasteiger partial charge in [-0.2, -0.15) is 0 Å². The zero-order valence-corrected chi connectivity index (χ0v) is 12.0. The molecule has 2 unspecified atom stereocenters. The SMILES string of the molecule is Cc1cc(Cl)c(C)c(O)c1C1CC(CN)CN1C. The van der Waals surface area contributed by atoms with Crippen molar-refractivity contribution in [1.82, 2.24) is 4.90 Å². The van der Waals surface area contributed by atoms with Crippen molar-refractivity contribution in [2.45, 2.75) is 26.3 Å². The highest BCUT2D eigenvalue weighted by atomic mass is 35.5. The molecule has 1 aromatic rings. The molecule has 3 N–H and O–H groups in total. The van der Waals surface area contributed by atoms with Gasteiger partial charge in [0, 0.05) is 28.7 Å². The van der Waals surface area contributed by atoms with Crippen LogP contribution < -0.4 is 5.73 Å². The molecule has 1 aliphatic heterocycles. The smallest absolute Gasteiger partial charge is 0.125 e. The van der Waals surface area contributed by atoms with Crippen molar-refractivity contribution in [2.75, 3.05) is 20.1 Å². The molecule has 0 radical (unpaired) electrons. The first-order valence-electron chi connectivity index (χ1n) is 6.34. The van der Waals surface area contributed by atoms with Crippen LogP contribution in [0.15, 0.2) is 6.07 Å². The Kier molecular flexibility index (Phi) is 3.85. The third kappa shape index (κ3) is 2.22. The molecule has 1 saturated heterocycles. The van der Waals surface area contributed by atoms with Crippen LogP contribution in [-0.2, 0) is 0 Å². The third-order valence-electron chi connectivity index (χ3n) is 4.04. The van der Waals surface area contributed by atoms with E-state index in [9.17, 15) is 5.11 Å². The summed E-state index contributed by atoms with van der Waals surface area (Å²) < 4.78 is 0. The van der Waals surface area contributed by atoms with Crippen LogP contribution in [0.25, 0.3) is 0 Å². The highest BCUT2D eigenvalue weighted by molar-refractivity contribution is 6.31. The molecule has 3 nitrogen and oxygen atoms in total. The van der Waals surface area contributed by atoms with Crippen LogP contribution in [0.2, 0.25) is 5.02 Å². The highest BCUT2D eigenvalue weighted by Gasteiger charge is 2.32. The van der Waals surface area contributed by atoms with Crippen molar-refractivity contribution in [3.8, 4) is 5.75 Å². The fourth-order valence-electron chi connectivity index (χ4n) is 2.91. The van der Waals surface area contributed by atoms with E-state index in [1.165, 1.54) is 0 Å². The summed E-state index contributed by atoms with van der Waals surface area (Å²) >= 11 is 6.10. The molecule has 2 atom stereocenters. The van der Waals surface area contributed by atoms with Crippen molar-refractivity contribution >= 4 is 11.6 Å². The molecule has 1 heterocycles. The van der Waals surface area contributed by atoms with Crippen LogP contribution >= 0.6 is 11.6 Å². The van der Waals surface area contributed by atoms with Crippen molar-refractivity contribution < 1.29 is 5.11 Å². The second-order valence-corrected chi connectivity index (χ2v) is 5.76. The van der Waals surface area contributed by atoms with Gasteiger partial charge in [0.1, 0.15) is 5.75 Å². The first-order valence-corrected chi connectivity index (χ1v) is 6.72. The van der Waals surface area contributed by atoms with Gasteiger partial charge < -0.3 is 10.8 Å². The van der Waals surface area contributed by atoms with E-state index in [4.69, 9.17) is 17.3 Å². The van der Waals surface area contributed by atoms with Gasteiger partial charge in [-0.15, -0.1) is 0 Å². The summed E-state index contributed by atoms with van der Waals surface area (Å²) in [6.07, 6.45) is 1.00. The zero-order chi connectivity index (χ0) is 13.4. The normalized spacial score (nSPS) is 24.7. The third-order valence-corrected chi connectivity index (χ3v) is 4.43. The summed E-state index contributed by atoms with van der Waals surface area (Å²) in [5, 5.41) is 11.0. The maximum Gasteiger partial charge on any atom is 0.125 e. The van der Waals surface area contributed by atoms with Gasteiger partial charge in [-0.05, 0) is 51.4 Å². The Morgan fingerprint density at radius 2 is 2.17 bits per heavy atom. The summed E-state index contributed by atoms with van der Waals surface area (Å²) in [5.41, 5.74) is 8.58. The summed E-state index contributed by atoms with van der Waals surface area (Å²) in [5.74, 6) is 0.851. The minimum Gasteiger partial charge on any atom is -0.507 e. The predicted molar refractivity (Wildman–Crippen MR) is 75.1 cm³/mol. The second-order valence-electron chi connectivity index (χ2n) is 5.36. The van der Waals surface area contributed by atoms with Gasteiger partial charge in [-0.1, -0.05) is 11.6 Å². The topological polar surface area (TPSA) is 49.5 Å². The largest absolute Gasteiger partial charge is 0.507 e.